The highest BCUT2D eigenvalue weighted by Crippen LogP contribution is 2.53. The molecule has 4 atom stereocenters. The number of phenols is 1. The van der Waals surface area contributed by atoms with E-state index in [0.717, 1.165) is 0 Å². The van der Waals surface area contributed by atoms with Gasteiger partial charge in [-0.3, -0.25) is 19.3 Å². The van der Waals surface area contributed by atoms with Gasteiger partial charge in [0.05, 0.1) is 17.3 Å². The molecule has 216 valence electrons. The summed E-state index contributed by atoms with van der Waals surface area (Å²) in [6.45, 7) is 2.78. The van der Waals surface area contributed by atoms with E-state index in [1.807, 2.05) is 19.0 Å². The first-order valence-corrected chi connectivity index (χ1v) is 13.1. The molecule has 0 spiro atoms. The minimum Gasteiger partial charge on any atom is -0.508 e. The smallest absolute Gasteiger partial charge is 0.255 e. The highest BCUT2D eigenvalue weighted by atomic mass is 16.6. The van der Waals surface area contributed by atoms with Crippen LogP contribution < -0.4 is 5.73 Å². The normalized spacial score (nSPS) is 26.7. The Bertz CT molecular complexity index is 1360. The average molecular weight is 557 g/mol. The quantitative estimate of drug-likeness (QED) is 0.173. The van der Waals surface area contributed by atoms with Crippen molar-refractivity contribution in [3.63, 3.8) is 0 Å². The van der Waals surface area contributed by atoms with Crippen LogP contribution in [0.2, 0.25) is 0 Å². The third-order valence-electron chi connectivity index (χ3n) is 8.01. The highest BCUT2D eigenvalue weighted by molar-refractivity contribution is 6.24. The lowest BCUT2D eigenvalue weighted by atomic mass is 9.57. The molecule has 3 aliphatic carbocycles. The Labute approximate surface area is 232 Å². The summed E-state index contributed by atoms with van der Waals surface area (Å²) >= 11 is 0. The van der Waals surface area contributed by atoms with Gasteiger partial charge in [-0.1, -0.05) is 5.16 Å². The lowest BCUT2D eigenvalue weighted by Crippen LogP contribution is -2.65. The fourth-order valence-electron chi connectivity index (χ4n) is 6.22. The maximum Gasteiger partial charge on any atom is 0.255 e. The van der Waals surface area contributed by atoms with Crippen LogP contribution in [0.5, 0.6) is 5.75 Å². The molecule has 3 aliphatic rings. The summed E-state index contributed by atoms with van der Waals surface area (Å²) in [6, 6.07) is 1.93. The Balaban J connectivity index is 1.93. The summed E-state index contributed by atoms with van der Waals surface area (Å²) in [5.41, 5.74) is 3.43. The fourth-order valence-corrected chi connectivity index (χ4v) is 6.22. The summed E-state index contributed by atoms with van der Waals surface area (Å²) in [7, 11) is 6.95. The lowest BCUT2D eigenvalue weighted by Gasteiger charge is -2.50. The van der Waals surface area contributed by atoms with Crippen LogP contribution in [0, 0.1) is 11.8 Å². The van der Waals surface area contributed by atoms with E-state index < -0.39 is 58.0 Å². The fraction of sp³-hybridized carbons (Fsp3) is 0.500. The number of aliphatic hydroxyl groups is 3. The van der Waals surface area contributed by atoms with Crippen molar-refractivity contribution in [2.45, 2.75) is 37.8 Å². The number of hydrogen-bond donors (Lipinski definition) is 5. The van der Waals surface area contributed by atoms with Gasteiger partial charge in [-0.05, 0) is 71.6 Å². The maximum atomic E-state index is 14.0. The molecule has 0 heterocycles. The summed E-state index contributed by atoms with van der Waals surface area (Å²) in [5.74, 6) is -6.87. The number of phenolic OH excluding ortho intramolecular Hbond substituents is 1. The molecule has 12 nitrogen and oxygen atoms in total. The van der Waals surface area contributed by atoms with Crippen LogP contribution in [-0.4, -0.2) is 106 Å². The number of fused-ring (bicyclic) bond motifs is 3. The zero-order chi connectivity index (χ0) is 29.7. The summed E-state index contributed by atoms with van der Waals surface area (Å²) in [6.07, 6.45) is 0.682. The van der Waals surface area contributed by atoms with E-state index in [1.165, 1.54) is 11.0 Å². The number of Topliss-reactive ketones (excluding diaryl/α,β-unsaturated/α-hetero) is 2. The van der Waals surface area contributed by atoms with E-state index in [1.54, 1.807) is 27.1 Å². The van der Waals surface area contributed by atoms with Gasteiger partial charge >= 0.3 is 0 Å². The van der Waals surface area contributed by atoms with Crippen molar-refractivity contribution in [1.29, 1.82) is 0 Å². The number of amides is 1. The summed E-state index contributed by atoms with van der Waals surface area (Å²) in [4.78, 5) is 48.1. The molecule has 12 heteroatoms. The largest absolute Gasteiger partial charge is 0.508 e. The monoisotopic (exact) mass is 556 g/mol. The first-order chi connectivity index (χ1) is 18.8. The lowest BCUT2D eigenvalue weighted by molar-refractivity contribution is -0.153. The van der Waals surface area contributed by atoms with E-state index in [0.29, 0.717) is 36.4 Å². The molecule has 0 saturated heterocycles. The van der Waals surface area contributed by atoms with Gasteiger partial charge in [0.25, 0.3) is 5.91 Å². The highest BCUT2D eigenvalue weighted by Gasteiger charge is 2.64. The topological polar surface area (TPSA) is 186 Å². The molecule has 4 rings (SSSR count). The van der Waals surface area contributed by atoms with Gasteiger partial charge in [-0.15, -0.1) is 0 Å². The standard InChI is InChI=1S/C28H36N4O8/c1-6-40-30-17(9-10-31(2)3)14-7-8-18(33)20-15(14)11-13-12-16-22(32(4)5)24(35)21(27(29)38)26(37)28(16,39)25(36)19(13)23(20)34/h7-8,13,16,22,33-34,37,39H,6,9-12H2,1-5H3,(H2,29,38)/b30-17-/t13-,16-,22+,28-/m0/s1. The van der Waals surface area contributed by atoms with Gasteiger partial charge in [0.2, 0.25) is 5.78 Å². The Hall–Kier alpha value is -3.74. The number of likely N-dealkylation sites (N-methyl/N-ethyl adjacent to an activating group) is 1. The van der Waals surface area contributed by atoms with Crippen LogP contribution >= 0.6 is 0 Å². The third-order valence-corrected chi connectivity index (χ3v) is 8.01. The number of aliphatic hydroxyl groups excluding tert-OH is 2. The van der Waals surface area contributed by atoms with Crippen LogP contribution in [0.15, 0.2) is 34.2 Å². The molecular weight excluding hydrogens is 520 g/mol. The minimum atomic E-state index is -2.68. The van der Waals surface area contributed by atoms with Gasteiger partial charge in [0.1, 0.15) is 29.4 Å². The molecule has 0 radical (unpaired) electrons. The zero-order valence-corrected chi connectivity index (χ0v) is 23.3. The molecule has 1 aromatic carbocycles. The molecule has 40 heavy (non-hydrogen) atoms. The average Bonchev–Trinajstić information content (AvgIpc) is 2.86. The molecule has 6 N–H and O–H groups in total. The van der Waals surface area contributed by atoms with E-state index in [2.05, 4.69) is 5.16 Å². The number of rotatable bonds is 8. The first-order valence-electron chi connectivity index (χ1n) is 13.1. The Morgan fingerprint density at radius 1 is 1.18 bits per heavy atom. The number of aromatic hydroxyl groups is 1. The van der Waals surface area contributed by atoms with Gasteiger partial charge in [0, 0.05) is 30.0 Å². The Kier molecular flexibility index (Phi) is 7.81. The van der Waals surface area contributed by atoms with Crippen molar-refractivity contribution in [3.05, 3.63) is 45.7 Å². The number of primary amides is 1. The van der Waals surface area contributed by atoms with Crippen molar-refractivity contribution in [1.82, 2.24) is 9.80 Å². The van der Waals surface area contributed by atoms with Gasteiger partial charge in [-0.25, -0.2) is 0 Å². The number of nitrogens with two attached hydrogens (primary N) is 1. The van der Waals surface area contributed by atoms with Crippen LogP contribution in [0.3, 0.4) is 0 Å². The molecule has 1 saturated carbocycles. The maximum absolute atomic E-state index is 14.0. The Morgan fingerprint density at radius 2 is 1.85 bits per heavy atom. The summed E-state index contributed by atoms with van der Waals surface area (Å²) < 4.78 is 0. The predicted molar refractivity (Wildman–Crippen MR) is 146 cm³/mol. The number of carbonyl (C=O) groups is 3. The molecule has 0 aromatic heterocycles. The molecular formula is C28H36N4O8. The number of oxime groups is 1. The van der Waals surface area contributed by atoms with Crippen LogP contribution in [0.4, 0.5) is 0 Å². The zero-order valence-electron chi connectivity index (χ0n) is 23.3. The third kappa shape index (κ3) is 4.45. The molecule has 0 aliphatic heterocycles. The number of benzene rings is 1. The molecule has 0 unspecified atom stereocenters. The van der Waals surface area contributed by atoms with Crippen molar-refractivity contribution in [2.24, 2.45) is 22.7 Å². The van der Waals surface area contributed by atoms with Crippen molar-refractivity contribution >= 4 is 28.9 Å². The number of carbonyl (C=O) groups excluding carboxylic acids is 3. The Morgan fingerprint density at radius 3 is 2.42 bits per heavy atom. The van der Waals surface area contributed by atoms with E-state index in [-0.39, 0.29) is 29.7 Å². The van der Waals surface area contributed by atoms with Crippen molar-refractivity contribution in [3.8, 4) is 5.75 Å². The van der Waals surface area contributed by atoms with Gasteiger partial charge in [0.15, 0.2) is 11.4 Å². The molecule has 1 aromatic rings. The van der Waals surface area contributed by atoms with Crippen LogP contribution in [0.25, 0.3) is 5.76 Å². The van der Waals surface area contributed by atoms with E-state index in [4.69, 9.17) is 10.6 Å². The minimum absolute atomic E-state index is 0.0104. The second-order valence-electron chi connectivity index (χ2n) is 11.0. The second-order valence-corrected chi connectivity index (χ2v) is 11.0. The molecule has 1 fully saturated rings. The molecule has 0 bridgehead atoms. The van der Waals surface area contributed by atoms with Crippen molar-refractivity contribution in [2.75, 3.05) is 41.3 Å². The number of nitrogens with zero attached hydrogens (tertiary/aromatic N) is 3. The van der Waals surface area contributed by atoms with Crippen molar-refractivity contribution < 1.29 is 39.6 Å². The van der Waals surface area contributed by atoms with Gasteiger partial charge < -0.3 is 35.9 Å². The van der Waals surface area contributed by atoms with Crippen LogP contribution in [-0.2, 0) is 25.6 Å². The second kappa shape index (κ2) is 10.7. The number of ketones is 2. The SMILES string of the molecule is CCO/N=C(/CCN(C)C)c1ccc(O)c2c1C[C@H]1C[C@H]3[C@@H](N(C)C)C(=O)C(C(N)=O)=C(O)[C@@]3(O)C(=O)C1=C2O. The van der Waals surface area contributed by atoms with Crippen LogP contribution in [0.1, 0.15) is 36.5 Å². The number of hydrogen-bond acceptors (Lipinski definition) is 11. The first kappa shape index (κ1) is 29.2. The summed E-state index contributed by atoms with van der Waals surface area (Å²) in [5, 5.41) is 49.2. The predicted octanol–water partition coefficient (Wildman–Crippen LogP) is 0.656. The van der Waals surface area contributed by atoms with E-state index >= 15 is 0 Å². The molecule has 1 amide bonds. The van der Waals surface area contributed by atoms with Gasteiger partial charge in [-0.2, -0.15) is 0 Å². The van der Waals surface area contributed by atoms with E-state index in [9.17, 15) is 34.8 Å².